The summed E-state index contributed by atoms with van der Waals surface area (Å²) in [6, 6.07) is 4.93. The summed E-state index contributed by atoms with van der Waals surface area (Å²) < 4.78 is 9.94. The second kappa shape index (κ2) is 6.26. The van der Waals surface area contributed by atoms with E-state index in [1.165, 1.54) is 19.1 Å². The van der Waals surface area contributed by atoms with E-state index in [9.17, 15) is 14.4 Å². The number of rotatable bonds is 3. The predicted molar refractivity (Wildman–Crippen MR) is 78.0 cm³/mol. The van der Waals surface area contributed by atoms with Gasteiger partial charge < -0.3 is 14.4 Å². The van der Waals surface area contributed by atoms with Gasteiger partial charge in [0.25, 0.3) is 0 Å². The number of benzene rings is 1. The lowest BCUT2D eigenvalue weighted by molar-refractivity contribution is -0.145. The number of halogens is 1. The number of nitrogens with zero attached hydrogens (tertiary/aromatic N) is 1. The minimum Gasteiger partial charge on any atom is -0.469 e. The molecule has 1 atom stereocenters. The smallest absolute Gasteiger partial charge is 0.339 e. The molecule has 0 radical (unpaired) electrons. The van der Waals surface area contributed by atoms with Crippen LogP contribution in [0, 0.1) is 5.92 Å². The van der Waals surface area contributed by atoms with Crippen molar-refractivity contribution in [1.29, 1.82) is 0 Å². The zero-order valence-corrected chi connectivity index (χ0v) is 13.2. The van der Waals surface area contributed by atoms with Gasteiger partial charge in [-0.2, -0.15) is 0 Å². The minimum absolute atomic E-state index is 0.107. The van der Waals surface area contributed by atoms with Crippen LogP contribution in [0.3, 0.4) is 0 Å². The van der Waals surface area contributed by atoms with E-state index in [4.69, 9.17) is 4.74 Å². The van der Waals surface area contributed by atoms with Gasteiger partial charge >= 0.3 is 11.9 Å². The monoisotopic (exact) mass is 355 g/mol. The molecular formula is C14H14BrNO5. The molecule has 0 aromatic heterocycles. The number of anilines is 1. The highest BCUT2D eigenvalue weighted by Gasteiger charge is 2.36. The molecule has 1 unspecified atom stereocenters. The van der Waals surface area contributed by atoms with Gasteiger partial charge in [-0.3, -0.25) is 9.59 Å². The average Bonchev–Trinajstić information content (AvgIpc) is 2.88. The highest BCUT2D eigenvalue weighted by Crippen LogP contribution is 2.29. The number of methoxy groups -OCH3 is 2. The Hall–Kier alpha value is -1.89. The summed E-state index contributed by atoms with van der Waals surface area (Å²) in [4.78, 5) is 36.7. The van der Waals surface area contributed by atoms with Gasteiger partial charge in [0, 0.05) is 23.1 Å². The first-order valence-corrected chi connectivity index (χ1v) is 7.03. The van der Waals surface area contributed by atoms with Crippen molar-refractivity contribution < 1.29 is 23.9 Å². The van der Waals surface area contributed by atoms with Crippen LogP contribution in [-0.4, -0.2) is 38.6 Å². The second-order valence-electron chi connectivity index (χ2n) is 4.58. The Morgan fingerprint density at radius 2 is 2.00 bits per heavy atom. The Labute approximate surface area is 130 Å². The standard InChI is InChI=1S/C14H14BrNO5/c1-20-13(18)8-5-12(17)16(7-8)9-3-4-11(15)10(6-9)14(19)21-2/h3-4,6,8H,5,7H2,1-2H3. The van der Waals surface area contributed by atoms with E-state index in [-0.39, 0.29) is 18.9 Å². The quantitative estimate of drug-likeness (QED) is 0.772. The molecule has 1 amide bonds. The Balaban J connectivity index is 2.28. The molecule has 1 aromatic rings. The van der Waals surface area contributed by atoms with Gasteiger partial charge in [-0.1, -0.05) is 0 Å². The first-order valence-electron chi connectivity index (χ1n) is 6.24. The van der Waals surface area contributed by atoms with Gasteiger partial charge in [-0.05, 0) is 34.1 Å². The highest BCUT2D eigenvalue weighted by atomic mass is 79.9. The van der Waals surface area contributed by atoms with Crippen molar-refractivity contribution in [3.63, 3.8) is 0 Å². The van der Waals surface area contributed by atoms with Crippen molar-refractivity contribution in [2.45, 2.75) is 6.42 Å². The molecule has 21 heavy (non-hydrogen) atoms. The van der Waals surface area contributed by atoms with Crippen molar-refractivity contribution in [3.8, 4) is 0 Å². The van der Waals surface area contributed by atoms with Crippen LogP contribution in [0.1, 0.15) is 16.8 Å². The molecule has 1 aliphatic heterocycles. The van der Waals surface area contributed by atoms with Crippen LogP contribution in [0.15, 0.2) is 22.7 Å². The van der Waals surface area contributed by atoms with Crippen LogP contribution < -0.4 is 4.90 Å². The highest BCUT2D eigenvalue weighted by molar-refractivity contribution is 9.10. The van der Waals surface area contributed by atoms with Crippen LogP contribution in [0.2, 0.25) is 0 Å². The zero-order valence-electron chi connectivity index (χ0n) is 11.6. The average molecular weight is 356 g/mol. The predicted octanol–water partition coefficient (Wildman–Crippen LogP) is 1.76. The molecule has 0 saturated carbocycles. The summed E-state index contributed by atoms with van der Waals surface area (Å²) in [7, 11) is 2.58. The van der Waals surface area contributed by atoms with Gasteiger partial charge in [-0.25, -0.2) is 4.79 Å². The van der Waals surface area contributed by atoms with Gasteiger partial charge in [-0.15, -0.1) is 0 Å². The number of amides is 1. The van der Waals surface area contributed by atoms with Crippen molar-refractivity contribution in [3.05, 3.63) is 28.2 Å². The molecule has 1 aliphatic rings. The summed E-state index contributed by atoms with van der Waals surface area (Å²) in [5, 5.41) is 0. The van der Waals surface area contributed by atoms with Gasteiger partial charge in [0.05, 0.1) is 25.7 Å². The number of ether oxygens (including phenoxy) is 2. The molecule has 0 aliphatic carbocycles. The van der Waals surface area contributed by atoms with Gasteiger partial charge in [0.15, 0.2) is 0 Å². The van der Waals surface area contributed by atoms with Crippen molar-refractivity contribution in [1.82, 2.24) is 0 Å². The Morgan fingerprint density at radius 1 is 1.29 bits per heavy atom. The lowest BCUT2D eigenvalue weighted by Gasteiger charge is -2.17. The summed E-state index contributed by atoms with van der Waals surface area (Å²) in [5.74, 6) is -1.56. The molecule has 7 heteroatoms. The lowest BCUT2D eigenvalue weighted by Crippen LogP contribution is -2.26. The number of hydrogen-bond acceptors (Lipinski definition) is 5. The summed E-state index contributed by atoms with van der Waals surface area (Å²) in [5.41, 5.74) is 0.874. The summed E-state index contributed by atoms with van der Waals surface area (Å²) in [6.07, 6.45) is 0.107. The van der Waals surface area contributed by atoms with E-state index < -0.39 is 17.9 Å². The van der Waals surface area contributed by atoms with Crippen molar-refractivity contribution >= 4 is 39.5 Å². The molecule has 0 spiro atoms. The Kier molecular flexibility index (Phi) is 4.62. The maximum atomic E-state index is 12.0. The topological polar surface area (TPSA) is 72.9 Å². The fourth-order valence-electron chi connectivity index (χ4n) is 2.23. The number of carbonyl (C=O) groups excluding carboxylic acids is 3. The van der Waals surface area contributed by atoms with E-state index in [0.29, 0.717) is 15.7 Å². The van der Waals surface area contributed by atoms with E-state index in [1.54, 1.807) is 18.2 Å². The third-order valence-corrected chi connectivity index (χ3v) is 4.02. The van der Waals surface area contributed by atoms with E-state index in [1.807, 2.05) is 0 Å². The molecule has 2 rings (SSSR count). The van der Waals surface area contributed by atoms with Crippen LogP contribution in [0.5, 0.6) is 0 Å². The third-order valence-electron chi connectivity index (χ3n) is 3.33. The molecular weight excluding hydrogens is 342 g/mol. The van der Waals surface area contributed by atoms with E-state index in [2.05, 4.69) is 20.7 Å². The lowest BCUT2D eigenvalue weighted by atomic mass is 10.1. The van der Waals surface area contributed by atoms with Gasteiger partial charge in [0.1, 0.15) is 0 Å². The van der Waals surface area contributed by atoms with E-state index in [0.717, 1.165) is 0 Å². The van der Waals surface area contributed by atoms with Crippen LogP contribution in [0.25, 0.3) is 0 Å². The van der Waals surface area contributed by atoms with Crippen LogP contribution >= 0.6 is 15.9 Å². The minimum atomic E-state index is -0.500. The molecule has 1 heterocycles. The molecule has 1 aromatic carbocycles. The molecule has 1 fully saturated rings. The molecule has 112 valence electrons. The third kappa shape index (κ3) is 3.07. The maximum absolute atomic E-state index is 12.0. The first-order chi connectivity index (χ1) is 9.97. The maximum Gasteiger partial charge on any atom is 0.339 e. The van der Waals surface area contributed by atoms with Crippen molar-refractivity contribution in [2.75, 3.05) is 25.7 Å². The molecule has 6 nitrogen and oxygen atoms in total. The Bertz CT molecular complexity index is 601. The molecule has 0 N–H and O–H groups in total. The van der Waals surface area contributed by atoms with Crippen LogP contribution in [0.4, 0.5) is 5.69 Å². The number of esters is 2. The number of hydrogen-bond donors (Lipinski definition) is 0. The summed E-state index contributed by atoms with van der Waals surface area (Å²) in [6.45, 7) is 0.244. The SMILES string of the molecule is COC(=O)c1cc(N2CC(C(=O)OC)CC2=O)ccc1Br. The molecule has 0 bridgehead atoms. The van der Waals surface area contributed by atoms with Crippen molar-refractivity contribution in [2.24, 2.45) is 5.92 Å². The fraction of sp³-hybridized carbons (Fsp3) is 0.357. The van der Waals surface area contributed by atoms with E-state index >= 15 is 0 Å². The first kappa shape index (κ1) is 15.5. The summed E-state index contributed by atoms with van der Waals surface area (Å²) >= 11 is 3.26. The molecule has 1 saturated heterocycles. The second-order valence-corrected chi connectivity index (χ2v) is 5.44. The Morgan fingerprint density at radius 3 is 2.62 bits per heavy atom. The van der Waals surface area contributed by atoms with Crippen LogP contribution in [-0.2, 0) is 19.1 Å². The number of carbonyl (C=O) groups is 3. The largest absolute Gasteiger partial charge is 0.469 e. The van der Waals surface area contributed by atoms with Gasteiger partial charge in [0.2, 0.25) is 5.91 Å². The fourth-order valence-corrected chi connectivity index (χ4v) is 2.64. The normalized spacial score (nSPS) is 17.8. The zero-order chi connectivity index (χ0) is 15.6.